The van der Waals surface area contributed by atoms with Crippen molar-refractivity contribution in [1.29, 1.82) is 0 Å². The Morgan fingerprint density at radius 2 is 1.59 bits per heavy atom. The fraction of sp³-hybridized carbons (Fsp3) is 0.300. The highest BCUT2D eigenvalue weighted by atomic mass is 19.3. The Hall–Kier alpha value is -2.96. The van der Waals surface area contributed by atoms with Crippen molar-refractivity contribution >= 4 is 17.5 Å². The van der Waals surface area contributed by atoms with Gasteiger partial charge in [-0.25, -0.2) is 0 Å². The lowest BCUT2D eigenvalue weighted by molar-refractivity contribution is -0.0507. The molecule has 0 bridgehead atoms. The van der Waals surface area contributed by atoms with Crippen LogP contribution in [0.3, 0.4) is 0 Å². The zero-order valence-corrected chi connectivity index (χ0v) is 15.6. The Balaban J connectivity index is 2.27. The molecule has 2 aromatic rings. The van der Waals surface area contributed by atoms with Crippen LogP contribution in [0.2, 0.25) is 0 Å². The lowest BCUT2D eigenvalue weighted by Crippen LogP contribution is -2.31. The molecule has 0 unspecified atom stereocenters. The number of carbonyl (C=O) groups is 2. The van der Waals surface area contributed by atoms with Gasteiger partial charge in [-0.3, -0.25) is 9.59 Å². The zero-order valence-electron chi connectivity index (χ0n) is 15.6. The normalized spacial score (nSPS) is 10.8. The van der Waals surface area contributed by atoms with Crippen LogP contribution in [0.1, 0.15) is 45.7 Å². The fourth-order valence-electron chi connectivity index (χ4n) is 2.68. The monoisotopic (exact) mass is 376 g/mol. The predicted molar refractivity (Wildman–Crippen MR) is 99.5 cm³/mol. The minimum atomic E-state index is -2.94. The molecule has 0 saturated carbocycles. The van der Waals surface area contributed by atoms with Gasteiger partial charge in [0.15, 0.2) is 0 Å². The van der Waals surface area contributed by atoms with E-state index in [0.29, 0.717) is 22.4 Å². The Kier molecular flexibility index (Phi) is 6.50. The van der Waals surface area contributed by atoms with Crippen LogP contribution in [-0.2, 0) is 0 Å². The number of ether oxygens (including phenoxy) is 1. The first-order valence-corrected chi connectivity index (χ1v) is 8.46. The van der Waals surface area contributed by atoms with Crippen molar-refractivity contribution in [2.75, 3.05) is 5.32 Å². The second kappa shape index (κ2) is 8.62. The molecule has 2 amide bonds. The zero-order chi connectivity index (χ0) is 20.1. The van der Waals surface area contributed by atoms with E-state index in [4.69, 9.17) is 0 Å². The summed E-state index contributed by atoms with van der Waals surface area (Å²) in [7, 11) is 0. The van der Waals surface area contributed by atoms with E-state index < -0.39 is 12.5 Å². The maximum atomic E-state index is 12.6. The van der Waals surface area contributed by atoms with Crippen molar-refractivity contribution in [1.82, 2.24) is 5.32 Å². The van der Waals surface area contributed by atoms with E-state index >= 15 is 0 Å². The van der Waals surface area contributed by atoms with Gasteiger partial charge in [0.25, 0.3) is 11.8 Å². The largest absolute Gasteiger partial charge is 0.434 e. The summed E-state index contributed by atoms with van der Waals surface area (Å²) in [5.41, 5.74) is 1.83. The van der Waals surface area contributed by atoms with Crippen molar-refractivity contribution in [3.05, 3.63) is 58.7 Å². The van der Waals surface area contributed by atoms with Crippen LogP contribution < -0.4 is 15.4 Å². The molecule has 0 aliphatic carbocycles. The Morgan fingerprint density at radius 3 is 2.15 bits per heavy atom. The molecule has 0 saturated heterocycles. The molecule has 0 radical (unpaired) electrons. The van der Waals surface area contributed by atoms with Crippen LogP contribution in [0.15, 0.2) is 36.4 Å². The maximum Gasteiger partial charge on any atom is 0.387 e. The molecule has 144 valence electrons. The van der Waals surface area contributed by atoms with Gasteiger partial charge < -0.3 is 15.4 Å². The van der Waals surface area contributed by atoms with Crippen LogP contribution >= 0.6 is 0 Å². The van der Waals surface area contributed by atoms with Gasteiger partial charge in [-0.15, -0.1) is 0 Å². The van der Waals surface area contributed by atoms with Crippen molar-refractivity contribution in [2.24, 2.45) is 0 Å². The van der Waals surface area contributed by atoms with Crippen LogP contribution in [-0.4, -0.2) is 24.5 Å². The van der Waals surface area contributed by atoms with Crippen molar-refractivity contribution in [3.8, 4) is 5.75 Å². The number of amides is 2. The minimum Gasteiger partial charge on any atom is -0.434 e. The first kappa shape index (κ1) is 20.4. The second-order valence-corrected chi connectivity index (χ2v) is 6.45. The van der Waals surface area contributed by atoms with Gasteiger partial charge >= 0.3 is 6.61 Å². The van der Waals surface area contributed by atoms with Gasteiger partial charge in [-0.1, -0.05) is 12.1 Å². The van der Waals surface area contributed by atoms with Crippen LogP contribution in [0.5, 0.6) is 5.75 Å². The first-order valence-electron chi connectivity index (χ1n) is 8.46. The van der Waals surface area contributed by atoms with Gasteiger partial charge in [0, 0.05) is 11.6 Å². The number of rotatable bonds is 6. The van der Waals surface area contributed by atoms with Gasteiger partial charge in [0.05, 0.1) is 11.3 Å². The summed E-state index contributed by atoms with van der Waals surface area (Å²) < 4.78 is 29.5. The molecule has 0 spiro atoms. The number of benzene rings is 2. The average molecular weight is 376 g/mol. The molecule has 0 atom stereocenters. The Morgan fingerprint density at radius 1 is 1.00 bits per heavy atom. The molecule has 0 heterocycles. The highest BCUT2D eigenvalue weighted by Gasteiger charge is 2.17. The molecule has 2 rings (SSSR count). The van der Waals surface area contributed by atoms with E-state index in [1.807, 2.05) is 13.8 Å². The number of anilines is 1. The fourth-order valence-corrected chi connectivity index (χ4v) is 2.68. The van der Waals surface area contributed by atoms with E-state index in [-0.39, 0.29) is 23.3 Å². The molecule has 0 aliphatic heterocycles. The van der Waals surface area contributed by atoms with Gasteiger partial charge in [0.1, 0.15) is 5.75 Å². The number of aryl methyl sites for hydroxylation is 2. The minimum absolute atomic E-state index is 0.0473. The third-order valence-electron chi connectivity index (χ3n) is 3.77. The van der Waals surface area contributed by atoms with Gasteiger partial charge in [0.2, 0.25) is 0 Å². The van der Waals surface area contributed by atoms with Crippen molar-refractivity contribution in [3.63, 3.8) is 0 Å². The Labute approximate surface area is 156 Å². The summed E-state index contributed by atoms with van der Waals surface area (Å²) in [4.78, 5) is 24.9. The predicted octanol–water partition coefficient (Wildman–Crippen LogP) is 4.30. The summed E-state index contributed by atoms with van der Waals surface area (Å²) in [5, 5.41) is 5.49. The molecule has 0 aliphatic rings. The van der Waals surface area contributed by atoms with Crippen LogP contribution in [0.25, 0.3) is 0 Å². The Bertz CT molecular complexity index is 828. The van der Waals surface area contributed by atoms with Crippen molar-refractivity contribution in [2.45, 2.75) is 40.3 Å². The topological polar surface area (TPSA) is 67.4 Å². The molecule has 0 fully saturated rings. The summed E-state index contributed by atoms with van der Waals surface area (Å²) in [6.07, 6.45) is 0. The molecule has 0 aromatic heterocycles. The average Bonchev–Trinajstić information content (AvgIpc) is 2.57. The molecular weight excluding hydrogens is 354 g/mol. The number of hydrogen-bond donors (Lipinski definition) is 2. The van der Waals surface area contributed by atoms with E-state index in [0.717, 1.165) is 0 Å². The lowest BCUT2D eigenvalue weighted by Gasteiger charge is -2.15. The third kappa shape index (κ3) is 5.26. The molecule has 2 aromatic carbocycles. The second-order valence-electron chi connectivity index (χ2n) is 6.45. The summed E-state index contributed by atoms with van der Waals surface area (Å²) in [6, 6.07) is 9.54. The summed E-state index contributed by atoms with van der Waals surface area (Å²) in [5.74, 6) is -0.693. The highest BCUT2D eigenvalue weighted by molar-refractivity contribution is 6.09. The molecule has 2 N–H and O–H groups in total. The van der Waals surface area contributed by atoms with E-state index in [9.17, 15) is 18.4 Å². The summed E-state index contributed by atoms with van der Waals surface area (Å²) >= 11 is 0. The first-order chi connectivity index (χ1) is 12.7. The van der Waals surface area contributed by atoms with E-state index in [1.54, 1.807) is 38.1 Å². The SMILES string of the molecule is Cc1cc(C(=O)Nc2ccccc2C(=O)NC(C)C)cc(C)c1OC(F)F. The maximum absolute atomic E-state index is 12.6. The van der Waals surface area contributed by atoms with Crippen molar-refractivity contribution < 1.29 is 23.1 Å². The molecular formula is C20H22F2N2O3. The third-order valence-corrected chi connectivity index (χ3v) is 3.77. The molecule has 7 heteroatoms. The quantitative estimate of drug-likeness (QED) is 0.790. The number of nitrogens with one attached hydrogen (secondary N) is 2. The smallest absolute Gasteiger partial charge is 0.387 e. The number of hydrogen-bond acceptors (Lipinski definition) is 3. The number of carbonyl (C=O) groups excluding carboxylic acids is 2. The highest BCUT2D eigenvalue weighted by Crippen LogP contribution is 2.27. The van der Waals surface area contributed by atoms with Gasteiger partial charge in [-0.2, -0.15) is 8.78 Å². The molecule has 5 nitrogen and oxygen atoms in total. The lowest BCUT2D eigenvalue weighted by atomic mass is 10.0. The van der Waals surface area contributed by atoms with E-state index in [2.05, 4.69) is 15.4 Å². The van der Waals surface area contributed by atoms with Crippen LogP contribution in [0, 0.1) is 13.8 Å². The number of para-hydroxylation sites is 1. The standard InChI is InChI=1S/C20H22F2N2O3/c1-11(2)23-19(26)15-7-5-6-8-16(15)24-18(25)14-9-12(3)17(13(4)10-14)27-20(21)22/h5-11,20H,1-4H3,(H,23,26)(H,24,25). The number of alkyl halides is 2. The summed E-state index contributed by atoms with van der Waals surface area (Å²) in [6.45, 7) is 3.92. The van der Waals surface area contributed by atoms with Gasteiger partial charge in [-0.05, 0) is 63.1 Å². The van der Waals surface area contributed by atoms with E-state index in [1.165, 1.54) is 12.1 Å². The molecule has 27 heavy (non-hydrogen) atoms. The number of halogens is 2. The van der Waals surface area contributed by atoms with Crippen LogP contribution in [0.4, 0.5) is 14.5 Å².